The van der Waals surface area contributed by atoms with E-state index >= 15 is 0 Å². The first-order valence-corrected chi connectivity index (χ1v) is 6.51. The van der Waals surface area contributed by atoms with E-state index in [1.807, 2.05) is 12.1 Å². The maximum Gasteiger partial charge on any atom is 0.220 e. The van der Waals surface area contributed by atoms with Gasteiger partial charge < -0.3 is 9.73 Å². The first-order chi connectivity index (χ1) is 7.53. The standard InChI is InChI=1S/C12H18BrNO2/c1-12(2,8-13)9-14-11(15)6-5-10-4-3-7-16-10/h3-4,7H,5-6,8-9H2,1-2H3,(H,14,15). The van der Waals surface area contributed by atoms with Crippen LogP contribution in [0.25, 0.3) is 0 Å². The summed E-state index contributed by atoms with van der Waals surface area (Å²) in [4.78, 5) is 11.5. The molecule has 1 heterocycles. The van der Waals surface area contributed by atoms with Gasteiger partial charge in [0, 0.05) is 24.7 Å². The summed E-state index contributed by atoms with van der Waals surface area (Å²) in [6, 6.07) is 3.72. The summed E-state index contributed by atoms with van der Waals surface area (Å²) in [6.07, 6.45) is 2.76. The number of halogens is 1. The van der Waals surface area contributed by atoms with Crippen molar-refractivity contribution < 1.29 is 9.21 Å². The lowest BCUT2D eigenvalue weighted by molar-refractivity contribution is -0.121. The molecular weight excluding hydrogens is 270 g/mol. The first kappa shape index (κ1) is 13.3. The lowest BCUT2D eigenvalue weighted by atomic mass is 9.97. The van der Waals surface area contributed by atoms with Crippen LogP contribution in [0.3, 0.4) is 0 Å². The lowest BCUT2D eigenvalue weighted by Crippen LogP contribution is -2.34. The molecule has 0 aliphatic rings. The molecule has 1 aromatic heterocycles. The number of furan rings is 1. The second-order valence-electron chi connectivity index (χ2n) is 4.65. The average Bonchev–Trinajstić information content (AvgIpc) is 2.76. The predicted molar refractivity (Wildman–Crippen MR) is 67.6 cm³/mol. The average molecular weight is 288 g/mol. The number of nitrogens with one attached hydrogen (secondary N) is 1. The zero-order valence-electron chi connectivity index (χ0n) is 9.75. The second-order valence-corrected chi connectivity index (χ2v) is 5.21. The summed E-state index contributed by atoms with van der Waals surface area (Å²) in [5.41, 5.74) is 0.0976. The minimum atomic E-state index is 0.0745. The van der Waals surface area contributed by atoms with Gasteiger partial charge >= 0.3 is 0 Å². The van der Waals surface area contributed by atoms with Crippen LogP contribution in [-0.2, 0) is 11.2 Å². The molecule has 1 rings (SSSR count). The molecule has 0 atom stereocenters. The number of carbonyl (C=O) groups excluding carboxylic acids is 1. The van der Waals surface area contributed by atoms with Crippen molar-refractivity contribution in [1.29, 1.82) is 0 Å². The van der Waals surface area contributed by atoms with E-state index in [4.69, 9.17) is 4.42 Å². The molecule has 0 unspecified atom stereocenters. The molecule has 90 valence electrons. The minimum Gasteiger partial charge on any atom is -0.469 e. The SMILES string of the molecule is CC(C)(CBr)CNC(=O)CCc1ccco1. The van der Waals surface area contributed by atoms with Gasteiger partial charge in [-0.3, -0.25) is 4.79 Å². The molecule has 1 amide bonds. The molecule has 0 aliphatic heterocycles. The van der Waals surface area contributed by atoms with Gasteiger partial charge in [0.05, 0.1) is 6.26 Å². The maximum atomic E-state index is 11.5. The summed E-state index contributed by atoms with van der Waals surface area (Å²) in [5, 5.41) is 3.80. The van der Waals surface area contributed by atoms with Gasteiger partial charge in [-0.2, -0.15) is 0 Å². The fraction of sp³-hybridized carbons (Fsp3) is 0.583. The van der Waals surface area contributed by atoms with Gasteiger partial charge in [0.25, 0.3) is 0 Å². The first-order valence-electron chi connectivity index (χ1n) is 5.38. The Labute approximate surface area is 105 Å². The number of aryl methyl sites for hydroxylation is 1. The molecule has 0 aromatic carbocycles. The van der Waals surface area contributed by atoms with Crippen molar-refractivity contribution in [2.75, 3.05) is 11.9 Å². The molecular formula is C12H18BrNO2. The maximum absolute atomic E-state index is 11.5. The summed E-state index contributed by atoms with van der Waals surface area (Å²) in [7, 11) is 0. The van der Waals surface area contributed by atoms with Gasteiger partial charge in [-0.15, -0.1) is 0 Å². The molecule has 16 heavy (non-hydrogen) atoms. The van der Waals surface area contributed by atoms with E-state index in [1.165, 1.54) is 0 Å². The van der Waals surface area contributed by atoms with Crippen molar-refractivity contribution in [2.24, 2.45) is 5.41 Å². The van der Waals surface area contributed by atoms with E-state index in [0.29, 0.717) is 19.4 Å². The Bertz CT molecular complexity index is 320. The van der Waals surface area contributed by atoms with Crippen LogP contribution in [-0.4, -0.2) is 17.8 Å². The fourth-order valence-electron chi connectivity index (χ4n) is 1.17. The van der Waals surface area contributed by atoms with E-state index in [1.54, 1.807) is 6.26 Å². The number of carbonyl (C=O) groups is 1. The Morgan fingerprint density at radius 2 is 2.31 bits per heavy atom. The second kappa shape index (κ2) is 6.09. The molecule has 1 N–H and O–H groups in total. The number of alkyl halides is 1. The normalized spacial score (nSPS) is 11.4. The van der Waals surface area contributed by atoms with Gasteiger partial charge in [-0.25, -0.2) is 0 Å². The highest BCUT2D eigenvalue weighted by molar-refractivity contribution is 9.09. The Kier molecular flexibility index (Phi) is 5.06. The van der Waals surface area contributed by atoms with Crippen LogP contribution >= 0.6 is 15.9 Å². The van der Waals surface area contributed by atoms with Crippen LogP contribution in [0.5, 0.6) is 0 Å². The van der Waals surface area contributed by atoms with E-state index in [2.05, 4.69) is 35.1 Å². The number of rotatable bonds is 6. The Hall–Kier alpha value is -0.770. The Morgan fingerprint density at radius 1 is 1.56 bits per heavy atom. The fourth-order valence-corrected chi connectivity index (χ4v) is 1.36. The minimum absolute atomic E-state index is 0.0745. The van der Waals surface area contributed by atoms with Crippen molar-refractivity contribution >= 4 is 21.8 Å². The molecule has 1 aromatic rings. The van der Waals surface area contributed by atoms with Crippen molar-refractivity contribution in [2.45, 2.75) is 26.7 Å². The highest BCUT2D eigenvalue weighted by Gasteiger charge is 2.16. The van der Waals surface area contributed by atoms with Crippen LogP contribution in [0.1, 0.15) is 26.0 Å². The third-order valence-electron chi connectivity index (χ3n) is 2.30. The van der Waals surface area contributed by atoms with Crippen molar-refractivity contribution in [3.8, 4) is 0 Å². The summed E-state index contributed by atoms with van der Waals surface area (Å²) in [6.45, 7) is 4.90. The van der Waals surface area contributed by atoms with Crippen molar-refractivity contribution in [3.05, 3.63) is 24.2 Å². The topological polar surface area (TPSA) is 42.2 Å². The van der Waals surface area contributed by atoms with Gasteiger partial charge in [0.1, 0.15) is 5.76 Å². The molecule has 0 fully saturated rings. The van der Waals surface area contributed by atoms with E-state index < -0.39 is 0 Å². The zero-order chi connectivity index (χ0) is 12.0. The third-order valence-corrected chi connectivity index (χ3v) is 3.82. The molecule has 3 nitrogen and oxygen atoms in total. The summed E-state index contributed by atoms with van der Waals surface area (Å²) in [5.74, 6) is 0.931. The largest absolute Gasteiger partial charge is 0.469 e. The van der Waals surface area contributed by atoms with Crippen LogP contribution in [0.4, 0.5) is 0 Å². The van der Waals surface area contributed by atoms with Crippen molar-refractivity contribution in [3.63, 3.8) is 0 Å². The van der Waals surface area contributed by atoms with E-state index in [-0.39, 0.29) is 11.3 Å². The highest BCUT2D eigenvalue weighted by Crippen LogP contribution is 2.16. The molecule has 0 saturated carbocycles. The van der Waals surface area contributed by atoms with E-state index in [9.17, 15) is 4.79 Å². The van der Waals surface area contributed by atoms with Gasteiger partial charge in [0.2, 0.25) is 5.91 Å². The van der Waals surface area contributed by atoms with Gasteiger partial charge in [-0.05, 0) is 17.5 Å². The molecule has 0 spiro atoms. The summed E-state index contributed by atoms with van der Waals surface area (Å²) < 4.78 is 5.16. The lowest BCUT2D eigenvalue weighted by Gasteiger charge is -2.21. The smallest absolute Gasteiger partial charge is 0.220 e. The Balaban J connectivity index is 2.21. The van der Waals surface area contributed by atoms with Crippen LogP contribution in [0, 0.1) is 5.41 Å². The molecule has 0 saturated heterocycles. The van der Waals surface area contributed by atoms with Crippen LogP contribution in [0.2, 0.25) is 0 Å². The molecule has 4 heteroatoms. The summed E-state index contributed by atoms with van der Waals surface area (Å²) >= 11 is 3.43. The highest BCUT2D eigenvalue weighted by atomic mass is 79.9. The predicted octanol–water partition coefficient (Wildman–Crippen LogP) is 2.75. The number of amides is 1. The van der Waals surface area contributed by atoms with Crippen LogP contribution in [0.15, 0.2) is 22.8 Å². The molecule has 0 bridgehead atoms. The van der Waals surface area contributed by atoms with E-state index in [0.717, 1.165) is 11.1 Å². The zero-order valence-corrected chi connectivity index (χ0v) is 11.3. The monoisotopic (exact) mass is 287 g/mol. The molecule has 0 aliphatic carbocycles. The number of hydrogen-bond acceptors (Lipinski definition) is 2. The quantitative estimate of drug-likeness (QED) is 0.818. The third kappa shape index (κ3) is 4.84. The Morgan fingerprint density at radius 3 is 2.88 bits per heavy atom. The van der Waals surface area contributed by atoms with Gasteiger partial charge in [-0.1, -0.05) is 29.8 Å². The van der Waals surface area contributed by atoms with Crippen LogP contribution < -0.4 is 5.32 Å². The van der Waals surface area contributed by atoms with Gasteiger partial charge in [0.15, 0.2) is 0 Å². The van der Waals surface area contributed by atoms with Crippen molar-refractivity contribution in [1.82, 2.24) is 5.32 Å². The molecule has 0 radical (unpaired) electrons. The number of hydrogen-bond donors (Lipinski definition) is 1.